The number of ketones is 1. The molecule has 2 heterocycles. The Labute approximate surface area is 126 Å². The van der Waals surface area contributed by atoms with Gasteiger partial charge in [0.25, 0.3) is 0 Å². The van der Waals surface area contributed by atoms with Gasteiger partial charge in [0.2, 0.25) is 5.82 Å². The van der Waals surface area contributed by atoms with Crippen LogP contribution < -0.4 is 5.43 Å². The van der Waals surface area contributed by atoms with Crippen molar-refractivity contribution < 1.29 is 4.79 Å². The number of benzene rings is 1. The number of carbonyl (C=O) groups excluding carboxylic acids is 1. The van der Waals surface area contributed by atoms with Crippen LogP contribution in [0, 0.1) is 6.92 Å². The second kappa shape index (κ2) is 5.49. The van der Waals surface area contributed by atoms with Crippen LogP contribution in [0.25, 0.3) is 10.7 Å². The first-order valence-electron chi connectivity index (χ1n) is 6.49. The fraction of sp³-hybridized carbons (Fsp3) is 0.133. The third-order valence-electron chi connectivity index (χ3n) is 3.01. The minimum Gasteiger partial charge on any atom is -0.291 e. The van der Waals surface area contributed by atoms with Crippen molar-refractivity contribution >= 4 is 22.8 Å². The van der Waals surface area contributed by atoms with Gasteiger partial charge in [-0.15, -0.1) is 21.5 Å². The maximum Gasteiger partial charge on any atom is 0.219 e. The number of Topliss-reactive ketones (excluding diaryl/α,β-unsaturated/α-hetero) is 1. The molecule has 3 aromatic rings. The predicted octanol–water partition coefficient (Wildman–Crippen LogP) is 3.39. The highest BCUT2D eigenvalue weighted by Crippen LogP contribution is 2.24. The van der Waals surface area contributed by atoms with E-state index in [1.54, 1.807) is 16.0 Å². The molecule has 3 rings (SSSR count). The van der Waals surface area contributed by atoms with E-state index >= 15 is 0 Å². The van der Waals surface area contributed by atoms with Gasteiger partial charge in [0.1, 0.15) is 0 Å². The monoisotopic (exact) mass is 298 g/mol. The van der Waals surface area contributed by atoms with Crippen molar-refractivity contribution in [2.45, 2.75) is 13.8 Å². The summed E-state index contributed by atoms with van der Waals surface area (Å²) in [6.07, 6.45) is 0. The summed E-state index contributed by atoms with van der Waals surface area (Å²) in [5.41, 5.74) is 5.25. The molecule has 0 atom stereocenters. The first-order chi connectivity index (χ1) is 10.1. The molecule has 106 valence electrons. The standard InChI is InChI=1S/C15H14N4OS/c1-10-5-7-12(8-6-10)18-19-14(11(2)20)16-17-15(19)13-4-3-9-21-13/h3-9,18H,1-2H3. The SMILES string of the molecule is CC(=O)c1nnc(-c2cccs2)n1Nc1ccc(C)cc1. The highest BCUT2D eigenvalue weighted by molar-refractivity contribution is 7.13. The highest BCUT2D eigenvalue weighted by Gasteiger charge is 2.17. The average Bonchev–Trinajstić information content (AvgIpc) is 3.10. The molecular formula is C15H14N4OS. The number of hydrogen-bond acceptors (Lipinski definition) is 5. The molecule has 0 unspecified atom stereocenters. The van der Waals surface area contributed by atoms with Crippen LogP contribution in [0.1, 0.15) is 23.1 Å². The van der Waals surface area contributed by atoms with E-state index < -0.39 is 0 Å². The van der Waals surface area contributed by atoms with Gasteiger partial charge in [0.15, 0.2) is 11.6 Å². The van der Waals surface area contributed by atoms with E-state index in [4.69, 9.17) is 0 Å². The summed E-state index contributed by atoms with van der Waals surface area (Å²) in [5, 5.41) is 10.1. The lowest BCUT2D eigenvalue weighted by Gasteiger charge is -2.11. The van der Waals surface area contributed by atoms with Gasteiger partial charge in [0.05, 0.1) is 10.6 Å². The number of nitrogens with one attached hydrogen (secondary N) is 1. The van der Waals surface area contributed by atoms with Gasteiger partial charge in [-0.05, 0) is 30.5 Å². The van der Waals surface area contributed by atoms with Gasteiger partial charge >= 0.3 is 0 Å². The Morgan fingerprint density at radius 1 is 1.19 bits per heavy atom. The minimum atomic E-state index is -0.134. The van der Waals surface area contributed by atoms with Crippen LogP contribution in [0.4, 0.5) is 5.69 Å². The van der Waals surface area contributed by atoms with E-state index in [-0.39, 0.29) is 5.78 Å². The number of aryl methyl sites for hydroxylation is 1. The van der Waals surface area contributed by atoms with E-state index in [0.717, 1.165) is 10.6 Å². The summed E-state index contributed by atoms with van der Waals surface area (Å²) in [6.45, 7) is 3.51. The van der Waals surface area contributed by atoms with Crippen LogP contribution >= 0.6 is 11.3 Å². The molecule has 0 aliphatic heterocycles. The molecule has 2 aromatic heterocycles. The Morgan fingerprint density at radius 2 is 1.95 bits per heavy atom. The summed E-state index contributed by atoms with van der Waals surface area (Å²) in [6, 6.07) is 11.8. The average molecular weight is 298 g/mol. The van der Waals surface area contributed by atoms with Crippen LogP contribution in [-0.4, -0.2) is 20.7 Å². The number of hydrogen-bond donors (Lipinski definition) is 1. The molecule has 0 bridgehead atoms. The van der Waals surface area contributed by atoms with Crippen LogP contribution in [0.5, 0.6) is 0 Å². The molecule has 1 N–H and O–H groups in total. The number of anilines is 1. The summed E-state index contributed by atoms with van der Waals surface area (Å²) in [4.78, 5) is 12.7. The van der Waals surface area contributed by atoms with Crippen LogP contribution in [0.3, 0.4) is 0 Å². The van der Waals surface area contributed by atoms with Crippen molar-refractivity contribution in [1.29, 1.82) is 0 Å². The Morgan fingerprint density at radius 3 is 2.57 bits per heavy atom. The number of nitrogens with zero attached hydrogens (tertiary/aromatic N) is 3. The topological polar surface area (TPSA) is 59.8 Å². The third kappa shape index (κ3) is 2.71. The van der Waals surface area contributed by atoms with Crippen molar-refractivity contribution in [3.05, 3.63) is 53.2 Å². The lowest BCUT2D eigenvalue weighted by Crippen LogP contribution is -2.16. The zero-order valence-corrected chi connectivity index (χ0v) is 12.5. The Hall–Kier alpha value is -2.47. The molecular weight excluding hydrogens is 284 g/mol. The second-order valence-corrected chi connectivity index (χ2v) is 5.64. The molecule has 1 aromatic carbocycles. The zero-order chi connectivity index (χ0) is 14.8. The maximum absolute atomic E-state index is 11.7. The first-order valence-corrected chi connectivity index (χ1v) is 7.37. The van der Waals surface area contributed by atoms with E-state index in [1.807, 2.05) is 48.7 Å². The molecule has 0 aliphatic carbocycles. The summed E-state index contributed by atoms with van der Waals surface area (Å²) in [7, 11) is 0. The van der Waals surface area contributed by atoms with Gasteiger partial charge in [-0.3, -0.25) is 10.2 Å². The van der Waals surface area contributed by atoms with Crippen LogP contribution in [0.15, 0.2) is 41.8 Å². The number of aromatic nitrogens is 3. The van der Waals surface area contributed by atoms with Crippen LogP contribution in [0.2, 0.25) is 0 Å². The Kier molecular flexibility index (Phi) is 3.53. The van der Waals surface area contributed by atoms with Gasteiger partial charge in [0, 0.05) is 6.92 Å². The first kappa shape index (κ1) is 13.5. The zero-order valence-electron chi connectivity index (χ0n) is 11.7. The van der Waals surface area contributed by atoms with Crippen molar-refractivity contribution in [3.8, 4) is 10.7 Å². The maximum atomic E-state index is 11.7. The quantitative estimate of drug-likeness (QED) is 0.750. The smallest absolute Gasteiger partial charge is 0.219 e. The molecule has 0 radical (unpaired) electrons. The third-order valence-corrected chi connectivity index (χ3v) is 3.88. The molecule has 0 saturated heterocycles. The molecule has 0 saturated carbocycles. The fourth-order valence-corrected chi connectivity index (χ4v) is 2.64. The number of thiophene rings is 1. The second-order valence-electron chi connectivity index (χ2n) is 4.69. The lowest BCUT2D eigenvalue weighted by molar-refractivity contribution is 0.100. The highest BCUT2D eigenvalue weighted by atomic mass is 32.1. The van der Waals surface area contributed by atoms with Gasteiger partial charge in [-0.2, -0.15) is 0 Å². The normalized spacial score (nSPS) is 10.6. The van der Waals surface area contributed by atoms with Crippen molar-refractivity contribution in [2.75, 3.05) is 5.43 Å². The molecule has 6 heteroatoms. The van der Waals surface area contributed by atoms with Crippen molar-refractivity contribution in [2.24, 2.45) is 0 Å². The summed E-state index contributed by atoms with van der Waals surface area (Å²) < 4.78 is 1.64. The number of rotatable bonds is 4. The predicted molar refractivity (Wildman–Crippen MR) is 83.5 cm³/mol. The molecule has 0 spiro atoms. The Balaban J connectivity index is 2.04. The van der Waals surface area contributed by atoms with Gasteiger partial charge in [-0.25, -0.2) is 4.68 Å². The summed E-state index contributed by atoms with van der Waals surface area (Å²) in [5.74, 6) is 0.791. The van der Waals surface area contributed by atoms with E-state index in [9.17, 15) is 4.79 Å². The fourth-order valence-electron chi connectivity index (χ4n) is 1.94. The molecule has 0 amide bonds. The minimum absolute atomic E-state index is 0.134. The van der Waals surface area contributed by atoms with Crippen molar-refractivity contribution in [1.82, 2.24) is 14.9 Å². The van der Waals surface area contributed by atoms with E-state index in [1.165, 1.54) is 12.5 Å². The molecule has 21 heavy (non-hydrogen) atoms. The lowest BCUT2D eigenvalue weighted by atomic mass is 10.2. The molecule has 0 fully saturated rings. The van der Waals surface area contributed by atoms with Gasteiger partial charge in [-0.1, -0.05) is 23.8 Å². The number of carbonyl (C=O) groups is 1. The molecule has 5 nitrogen and oxygen atoms in total. The van der Waals surface area contributed by atoms with Gasteiger partial charge < -0.3 is 0 Å². The van der Waals surface area contributed by atoms with Crippen LogP contribution in [-0.2, 0) is 0 Å². The Bertz CT molecular complexity index is 760. The van der Waals surface area contributed by atoms with Crippen molar-refractivity contribution in [3.63, 3.8) is 0 Å². The largest absolute Gasteiger partial charge is 0.291 e. The van der Waals surface area contributed by atoms with E-state index in [0.29, 0.717) is 11.6 Å². The van der Waals surface area contributed by atoms with E-state index in [2.05, 4.69) is 15.6 Å². The molecule has 0 aliphatic rings. The summed E-state index contributed by atoms with van der Waals surface area (Å²) >= 11 is 1.55.